The van der Waals surface area contributed by atoms with Crippen molar-refractivity contribution < 1.29 is 13.2 Å². The summed E-state index contributed by atoms with van der Waals surface area (Å²) in [7, 11) is 0. The molecule has 1 saturated carbocycles. The Morgan fingerprint density at radius 2 is 1.33 bits per heavy atom. The van der Waals surface area contributed by atoms with E-state index in [0.717, 1.165) is 29.9 Å². The van der Waals surface area contributed by atoms with Crippen LogP contribution in [0, 0.1) is 23.4 Å². The van der Waals surface area contributed by atoms with Gasteiger partial charge in [0, 0.05) is 11.1 Å². The lowest BCUT2D eigenvalue weighted by atomic mass is 9.79. The SMILES string of the molecule is CCc1ccc(-c2ccc(-c3ccc(C4CCC(C)CC4)cc3F)cc2)c(F)c1F. The smallest absolute Gasteiger partial charge is 0.166 e. The molecule has 3 heteroatoms. The Morgan fingerprint density at radius 1 is 0.733 bits per heavy atom. The highest BCUT2D eigenvalue weighted by atomic mass is 19.2. The third-order valence-corrected chi connectivity index (χ3v) is 6.53. The van der Waals surface area contributed by atoms with E-state index in [-0.39, 0.29) is 11.4 Å². The maximum atomic E-state index is 14.9. The van der Waals surface area contributed by atoms with Crippen LogP contribution in [0.1, 0.15) is 56.6 Å². The molecule has 0 saturated heterocycles. The van der Waals surface area contributed by atoms with Gasteiger partial charge in [-0.25, -0.2) is 13.2 Å². The number of benzene rings is 3. The summed E-state index contributed by atoms with van der Waals surface area (Å²) in [5, 5.41) is 0. The predicted molar refractivity (Wildman–Crippen MR) is 117 cm³/mol. The molecule has 0 N–H and O–H groups in total. The Bertz CT molecular complexity index is 1030. The Morgan fingerprint density at radius 3 is 1.93 bits per heavy atom. The van der Waals surface area contributed by atoms with E-state index in [9.17, 15) is 13.2 Å². The van der Waals surface area contributed by atoms with E-state index in [1.54, 1.807) is 49.4 Å². The Kier molecular flexibility index (Phi) is 5.99. The highest BCUT2D eigenvalue weighted by Gasteiger charge is 2.21. The van der Waals surface area contributed by atoms with Crippen LogP contribution in [0.15, 0.2) is 54.6 Å². The molecule has 0 aliphatic heterocycles. The summed E-state index contributed by atoms with van der Waals surface area (Å²) in [5.41, 5.74) is 3.49. The van der Waals surface area contributed by atoms with Crippen LogP contribution in [0.3, 0.4) is 0 Å². The quantitative estimate of drug-likeness (QED) is 0.407. The van der Waals surface area contributed by atoms with Crippen molar-refractivity contribution in [1.29, 1.82) is 0 Å². The van der Waals surface area contributed by atoms with Gasteiger partial charge < -0.3 is 0 Å². The lowest BCUT2D eigenvalue weighted by Gasteiger charge is -2.26. The van der Waals surface area contributed by atoms with Gasteiger partial charge in [0.25, 0.3) is 0 Å². The van der Waals surface area contributed by atoms with Gasteiger partial charge >= 0.3 is 0 Å². The molecule has 3 aromatic carbocycles. The van der Waals surface area contributed by atoms with Gasteiger partial charge in [-0.15, -0.1) is 0 Å². The first-order valence-electron chi connectivity index (χ1n) is 10.8. The molecular weight excluding hydrogens is 381 g/mol. The molecule has 1 aliphatic rings. The Labute approximate surface area is 176 Å². The highest BCUT2D eigenvalue weighted by Crippen LogP contribution is 2.37. The van der Waals surface area contributed by atoms with E-state index in [1.165, 1.54) is 12.8 Å². The molecule has 3 aromatic rings. The monoisotopic (exact) mass is 408 g/mol. The van der Waals surface area contributed by atoms with Crippen molar-refractivity contribution >= 4 is 0 Å². The first kappa shape index (κ1) is 20.7. The van der Waals surface area contributed by atoms with Crippen LogP contribution in [0.4, 0.5) is 13.2 Å². The summed E-state index contributed by atoms with van der Waals surface area (Å²) < 4.78 is 43.4. The topological polar surface area (TPSA) is 0 Å². The van der Waals surface area contributed by atoms with Crippen molar-refractivity contribution in [2.45, 2.75) is 51.9 Å². The van der Waals surface area contributed by atoms with E-state index < -0.39 is 11.6 Å². The zero-order valence-corrected chi connectivity index (χ0v) is 17.5. The van der Waals surface area contributed by atoms with E-state index in [2.05, 4.69) is 6.92 Å². The predicted octanol–water partition coefficient (Wildman–Crippen LogP) is 8.29. The molecule has 0 radical (unpaired) electrons. The average molecular weight is 409 g/mol. The maximum absolute atomic E-state index is 14.9. The standard InChI is InChI=1S/C27H27F3/c1-3-18-12-15-24(27(30)26(18)29)21-10-8-20(9-11-21)23-14-13-22(16-25(23)28)19-6-4-17(2)5-7-19/h8-17,19H,3-7H2,1-2H3. The van der Waals surface area contributed by atoms with Crippen LogP contribution in [-0.2, 0) is 6.42 Å². The third kappa shape index (κ3) is 4.03. The molecule has 0 spiro atoms. The maximum Gasteiger partial charge on any atom is 0.166 e. The molecule has 0 atom stereocenters. The largest absolute Gasteiger partial charge is 0.206 e. The molecule has 0 nitrogen and oxygen atoms in total. The van der Waals surface area contributed by atoms with Crippen molar-refractivity contribution in [3.8, 4) is 22.3 Å². The van der Waals surface area contributed by atoms with Gasteiger partial charge in [0.1, 0.15) is 5.82 Å². The molecule has 156 valence electrons. The lowest BCUT2D eigenvalue weighted by molar-refractivity contribution is 0.347. The summed E-state index contributed by atoms with van der Waals surface area (Å²) in [5.74, 6) is -0.655. The van der Waals surface area contributed by atoms with Crippen LogP contribution in [0.2, 0.25) is 0 Å². The minimum Gasteiger partial charge on any atom is -0.206 e. The first-order valence-corrected chi connectivity index (χ1v) is 10.8. The van der Waals surface area contributed by atoms with E-state index >= 15 is 0 Å². The molecule has 0 aromatic heterocycles. The summed E-state index contributed by atoms with van der Waals surface area (Å²) in [6, 6.07) is 15.7. The van der Waals surface area contributed by atoms with E-state index in [4.69, 9.17) is 0 Å². The molecule has 30 heavy (non-hydrogen) atoms. The van der Waals surface area contributed by atoms with Gasteiger partial charge in [0.2, 0.25) is 0 Å². The van der Waals surface area contributed by atoms with E-state index in [1.807, 2.05) is 12.1 Å². The summed E-state index contributed by atoms with van der Waals surface area (Å²) in [6.45, 7) is 4.07. The number of rotatable bonds is 4. The highest BCUT2D eigenvalue weighted by molar-refractivity contribution is 5.71. The second kappa shape index (κ2) is 8.67. The zero-order chi connectivity index (χ0) is 21.3. The van der Waals surface area contributed by atoms with Gasteiger partial charge in [-0.2, -0.15) is 0 Å². The average Bonchev–Trinajstić information content (AvgIpc) is 2.76. The number of aryl methyl sites for hydroxylation is 1. The van der Waals surface area contributed by atoms with Gasteiger partial charge in [-0.3, -0.25) is 0 Å². The Hall–Kier alpha value is -2.55. The molecule has 1 aliphatic carbocycles. The second-order valence-electron chi connectivity index (χ2n) is 8.53. The minimum absolute atomic E-state index is 0.221. The summed E-state index contributed by atoms with van der Waals surface area (Å²) in [6.07, 6.45) is 5.08. The van der Waals surface area contributed by atoms with Gasteiger partial charge in [0.15, 0.2) is 11.6 Å². The zero-order valence-electron chi connectivity index (χ0n) is 17.5. The van der Waals surface area contributed by atoms with Crippen molar-refractivity contribution in [2.24, 2.45) is 5.92 Å². The van der Waals surface area contributed by atoms with Crippen LogP contribution in [0.25, 0.3) is 22.3 Å². The molecule has 0 heterocycles. The first-order chi connectivity index (χ1) is 14.5. The molecular formula is C27H27F3. The molecule has 1 fully saturated rings. The normalized spacial score (nSPS) is 19.1. The van der Waals surface area contributed by atoms with Gasteiger partial charge in [0.05, 0.1) is 0 Å². The van der Waals surface area contributed by atoms with E-state index in [0.29, 0.717) is 29.0 Å². The number of halogens is 3. The summed E-state index contributed by atoms with van der Waals surface area (Å²) >= 11 is 0. The van der Waals surface area contributed by atoms with Crippen molar-refractivity contribution in [1.82, 2.24) is 0 Å². The van der Waals surface area contributed by atoms with Crippen molar-refractivity contribution in [3.63, 3.8) is 0 Å². The van der Waals surface area contributed by atoms with Crippen LogP contribution >= 0.6 is 0 Å². The van der Waals surface area contributed by atoms with Crippen molar-refractivity contribution in [2.75, 3.05) is 0 Å². The summed E-state index contributed by atoms with van der Waals surface area (Å²) in [4.78, 5) is 0. The van der Waals surface area contributed by atoms with Gasteiger partial charge in [-0.05, 0) is 59.4 Å². The van der Waals surface area contributed by atoms with Gasteiger partial charge in [-0.1, -0.05) is 75.2 Å². The second-order valence-corrected chi connectivity index (χ2v) is 8.53. The number of hydrogen-bond donors (Lipinski definition) is 0. The lowest BCUT2D eigenvalue weighted by Crippen LogP contribution is -2.11. The molecule has 0 bridgehead atoms. The fourth-order valence-electron chi connectivity index (χ4n) is 4.53. The number of hydrogen-bond acceptors (Lipinski definition) is 0. The Balaban J connectivity index is 1.58. The third-order valence-electron chi connectivity index (χ3n) is 6.53. The van der Waals surface area contributed by atoms with Crippen LogP contribution in [0.5, 0.6) is 0 Å². The van der Waals surface area contributed by atoms with Crippen molar-refractivity contribution in [3.05, 3.63) is 83.2 Å². The fourth-order valence-corrected chi connectivity index (χ4v) is 4.53. The minimum atomic E-state index is -0.834. The fraction of sp³-hybridized carbons (Fsp3) is 0.333. The van der Waals surface area contributed by atoms with Crippen LogP contribution < -0.4 is 0 Å². The molecule has 0 unspecified atom stereocenters. The molecule has 4 rings (SSSR count). The molecule has 0 amide bonds. The van der Waals surface area contributed by atoms with Crippen LogP contribution in [-0.4, -0.2) is 0 Å².